The Hall–Kier alpha value is -2.04. The summed E-state index contributed by atoms with van der Waals surface area (Å²) in [5.41, 5.74) is 0.856. The maximum Gasteiger partial charge on any atom is 0.311 e. The molecule has 1 aliphatic heterocycles. The van der Waals surface area contributed by atoms with E-state index in [-0.39, 0.29) is 0 Å². The molecule has 1 N–H and O–H groups in total. The lowest BCUT2D eigenvalue weighted by Gasteiger charge is -2.25. The van der Waals surface area contributed by atoms with Gasteiger partial charge >= 0.3 is 11.8 Å². The molecule has 0 saturated carbocycles. The van der Waals surface area contributed by atoms with E-state index in [2.05, 4.69) is 5.32 Å². The molecule has 2 rings (SSSR count). The number of hydrogen-bond acceptors (Lipinski definition) is 3. The Morgan fingerprint density at radius 1 is 1.20 bits per heavy atom. The summed E-state index contributed by atoms with van der Waals surface area (Å²) in [4.78, 5) is 25.5. The fraction of sp³-hybridized carbons (Fsp3) is 0.467. The molecule has 0 aliphatic carbocycles. The van der Waals surface area contributed by atoms with Crippen molar-refractivity contribution in [1.82, 2.24) is 10.2 Å². The molecule has 0 bridgehead atoms. The molecule has 0 radical (unpaired) electrons. The van der Waals surface area contributed by atoms with Crippen LogP contribution in [0.2, 0.25) is 0 Å². The quantitative estimate of drug-likeness (QED) is 0.847. The third kappa shape index (κ3) is 3.50. The molecule has 0 aromatic heterocycles. The van der Waals surface area contributed by atoms with E-state index in [0.717, 1.165) is 24.8 Å². The van der Waals surface area contributed by atoms with Gasteiger partial charge in [0.2, 0.25) is 0 Å². The molecule has 5 heteroatoms. The summed E-state index contributed by atoms with van der Waals surface area (Å²) in [6.45, 7) is 1.66. The third-order valence-electron chi connectivity index (χ3n) is 3.47. The number of carbonyl (C=O) groups excluding carboxylic acids is 2. The first-order valence-electron chi connectivity index (χ1n) is 6.91. The van der Waals surface area contributed by atoms with Crippen LogP contribution in [-0.2, 0) is 16.1 Å². The zero-order valence-electron chi connectivity index (χ0n) is 11.7. The molecule has 1 fully saturated rings. The van der Waals surface area contributed by atoms with Crippen LogP contribution in [0.5, 0.6) is 5.75 Å². The van der Waals surface area contributed by atoms with Crippen LogP contribution in [0.4, 0.5) is 0 Å². The van der Waals surface area contributed by atoms with Gasteiger partial charge in [0.1, 0.15) is 5.75 Å². The van der Waals surface area contributed by atoms with Gasteiger partial charge in [-0.2, -0.15) is 0 Å². The first-order chi connectivity index (χ1) is 9.72. The molecule has 20 heavy (non-hydrogen) atoms. The maximum atomic E-state index is 12.0. The van der Waals surface area contributed by atoms with E-state index in [1.807, 2.05) is 24.3 Å². The number of ether oxygens (including phenoxy) is 1. The lowest BCUT2D eigenvalue weighted by Crippen LogP contribution is -2.44. The number of nitrogens with zero attached hydrogens (tertiary/aromatic N) is 1. The Bertz CT molecular complexity index is 482. The number of likely N-dealkylation sites (tertiary alicyclic amines) is 1. The molecule has 2 amide bonds. The number of nitrogens with one attached hydrogen (secondary N) is 1. The molecule has 5 nitrogen and oxygen atoms in total. The summed E-state index contributed by atoms with van der Waals surface area (Å²) in [5.74, 6) is -0.268. The Balaban J connectivity index is 1.89. The maximum absolute atomic E-state index is 12.0. The molecule has 1 aromatic carbocycles. The van der Waals surface area contributed by atoms with Gasteiger partial charge in [0, 0.05) is 25.2 Å². The average Bonchev–Trinajstić information content (AvgIpc) is 2.53. The Kier molecular flexibility index (Phi) is 4.98. The van der Waals surface area contributed by atoms with Gasteiger partial charge in [-0.15, -0.1) is 0 Å². The standard InChI is InChI=1S/C15H20N2O3/c1-20-13-8-4-3-7-12(13)11-16-14(18)15(19)17-9-5-2-6-10-17/h3-4,7-8H,2,5-6,9-11H2,1H3,(H,16,18). The van der Waals surface area contributed by atoms with Crippen molar-refractivity contribution >= 4 is 11.8 Å². The van der Waals surface area contributed by atoms with Crippen molar-refractivity contribution in [2.75, 3.05) is 20.2 Å². The molecular formula is C15H20N2O3. The highest BCUT2D eigenvalue weighted by Crippen LogP contribution is 2.16. The second-order valence-corrected chi connectivity index (χ2v) is 4.85. The predicted molar refractivity (Wildman–Crippen MR) is 75.3 cm³/mol. The van der Waals surface area contributed by atoms with Gasteiger partial charge in [0.15, 0.2) is 0 Å². The van der Waals surface area contributed by atoms with Crippen LogP contribution < -0.4 is 10.1 Å². The van der Waals surface area contributed by atoms with Gasteiger partial charge in [-0.25, -0.2) is 0 Å². The molecule has 0 atom stereocenters. The number of hydrogen-bond donors (Lipinski definition) is 1. The minimum Gasteiger partial charge on any atom is -0.496 e. The van der Waals surface area contributed by atoms with Crippen molar-refractivity contribution < 1.29 is 14.3 Å². The van der Waals surface area contributed by atoms with E-state index in [4.69, 9.17) is 4.74 Å². The van der Waals surface area contributed by atoms with Gasteiger partial charge in [0.25, 0.3) is 0 Å². The summed E-state index contributed by atoms with van der Waals surface area (Å²) in [5, 5.41) is 2.66. The number of rotatable bonds is 3. The summed E-state index contributed by atoms with van der Waals surface area (Å²) >= 11 is 0. The smallest absolute Gasteiger partial charge is 0.311 e. The lowest BCUT2D eigenvalue weighted by molar-refractivity contribution is -0.146. The minimum atomic E-state index is -0.544. The Morgan fingerprint density at radius 3 is 2.60 bits per heavy atom. The first-order valence-corrected chi connectivity index (χ1v) is 6.91. The first kappa shape index (κ1) is 14.4. The van der Waals surface area contributed by atoms with Gasteiger partial charge in [-0.3, -0.25) is 9.59 Å². The highest BCUT2D eigenvalue weighted by atomic mass is 16.5. The summed E-state index contributed by atoms with van der Waals surface area (Å²) in [7, 11) is 1.58. The normalized spacial score (nSPS) is 14.8. The largest absolute Gasteiger partial charge is 0.496 e. The van der Waals surface area contributed by atoms with Gasteiger partial charge < -0.3 is 15.0 Å². The van der Waals surface area contributed by atoms with Gasteiger partial charge in [-0.1, -0.05) is 18.2 Å². The second-order valence-electron chi connectivity index (χ2n) is 4.85. The van der Waals surface area contributed by atoms with Crippen molar-refractivity contribution in [3.63, 3.8) is 0 Å². The number of carbonyl (C=O) groups is 2. The predicted octanol–water partition coefficient (Wildman–Crippen LogP) is 1.32. The summed E-state index contributed by atoms with van der Waals surface area (Å²) < 4.78 is 5.21. The van der Waals surface area contributed by atoms with E-state index in [9.17, 15) is 9.59 Å². The molecule has 0 unspecified atom stereocenters. The zero-order valence-corrected chi connectivity index (χ0v) is 11.7. The van der Waals surface area contributed by atoms with E-state index in [1.165, 1.54) is 0 Å². The monoisotopic (exact) mass is 276 g/mol. The molecule has 1 saturated heterocycles. The van der Waals surface area contributed by atoms with Crippen molar-refractivity contribution in [1.29, 1.82) is 0 Å². The number of benzene rings is 1. The Labute approximate surface area is 118 Å². The van der Waals surface area contributed by atoms with Gasteiger partial charge in [-0.05, 0) is 25.3 Å². The highest BCUT2D eigenvalue weighted by Gasteiger charge is 2.23. The van der Waals surface area contributed by atoms with Crippen molar-refractivity contribution in [2.45, 2.75) is 25.8 Å². The SMILES string of the molecule is COc1ccccc1CNC(=O)C(=O)N1CCCCC1. The fourth-order valence-electron chi connectivity index (χ4n) is 2.34. The van der Waals surface area contributed by atoms with E-state index in [0.29, 0.717) is 25.4 Å². The van der Waals surface area contributed by atoms with Crippen LogP contribution in [0.25, 0.3) is 0 Å². The molecular weight excluding hydrogens is 256 g/mol. The van der Waals surface area contributed by atoms with Crippen LogP contribution in [0, 0.1) is 0 Å². The molecule has 108 valence electrons. The number of piperidine rings is 1. The van der Waals surface area contributed by atoms with E-state index in [1.54, 1.807) is 12.0 Å². The molecule has 0 spiro atoms. The van der Waals surface area contributed by atoms with Gasteiger partial charge in [0.05, 0.1) is 7.11 Å². The van der Waals surface area contributed by atoms with Crippen molar-refractivity contribution in [2.24, 2.45) is 0 Å². The van der Waals surface area contributed by atoms with Crippen LogP contribution in [-0.4, -0.2) is 36.9 Å². The van der Waals surface area contributed by atoms with E-state index >= 15 is 0 Å². The van der Waals surface area contributed by atoms with Crippen molar-refractivity contribution in [3.8, 4) is 5.75 Å². The lowest BCUT2D eigenvalue weighted by atomic mass is 10.1. The number of methoxy groups -OCH3 is 1. The van der Waals surface area contributed by atoms with Crippen molar-refractivity contribution in [3.05, 3.63) is 29.8 Å². The zero-order chi connectivity index (χ0) is 14.4. The molecule has 1 aromatic rings. The Morgan fingerprint density at radius 2 is 1.90 bits per heavy atom. The highest BCUT2D eigenvalue weighted by molar-refractivity contribution is 6.34. The van der Waals surface area contributed by atoms with Crippen LogP contribution in [0.3, 0.4) is 0 Å². The topological polar surface area (TPSA) is 58.6 Å². The molecule has 1 heterocycles. The summed E-state index contributed by atoms with van der Waals surface area (Å²) in [6, 6.07) is 7.43. The third-order valence-corrected chi connectivity index (χ3v) is 3.47. The number of para-hydroxylation sites is 1. The number of amides is 2. The van der Waals surface area contributed by atoms with E-state index < -0.39 is 11.8 Å². The van der Waals surface area contributed by atoms with Crippen LogP contribution in [0.1, 0.15) is 24.8 Å². The summed E-state index contributed by atoms with van der Waals surface area (Å²) in [6.07, 6.45) is 3.09. The fourth-order valence-corrected chi connectivity index (χ4v) is 2.34. The molecule has 1 aliphatic rings. The second kappa shape index (κ2) is 6.93. The van der Waals surface area contributed by atoms with Crippen LogP contribution in [0.15, 0.2) is 24.3 Å². The minimum absolute atomic E-state index is 0.294. The van der Waals surface area contributed by atoms with Crippen LogP contribution >= 0.6 is 0 Å². The average molecular weight is 276 g/mol.